The van der Waals surface area contributed by atoms with E-state index >= 15 is 0 Å². The Balaban J connectivity index is 1.27. The van der Waals surface area contributed by atoms with E-state index in [1.54, 1.807) is 0 Å². The Morgan fingerprint density at radius 2 is 1.49 bits per heavy atom. The van der Waals surface area contributed by atoms with Gasteiger partial charge in [-0.05, 0) is 97.2 Å². The van der Waals surface area contributed by atoms with Crippen molar-refractivity contribution in [2.24, 2.45) is 58.2 Å². The van der Waals surface area contributed by atoms with Crippen molar-refractivity contribution in [3.63, 3.8) is 0 Å². The molecule has 5 aliphatic rings. The summed E-state index contributed by atoms with van der Waals surface area (Å²) in [6.45, 7) is 11.1. The lowest BCUT2D eigenvalue weighted by atomic mass is 9.43. The number of aliphatic hydroxyl groups excluding tert-OH is 6. The van der Waals surface area contributed by atoms with Crippen LogP contribution in [-0.4, -0.2) is 119 Å². The first kappa shape index (κ1) is 39.7. The minimum absolute atomic E-state index is 0.00774. The number of fused-ring (bicyclic) bond motifs is 5. The second-order valence-electron chi connectivity index (χ2n) is 16.9. The second kappa shape index (κ2) is 15.1. The standard InChI is InChI=1S/C35H62O13S/c1-17(2)19(11-14-46-33-32(41)29(38)24(45-6)16-47-33)8-7-18(3)25-30(39)31(40)26-20-15-23(48-49(42,43)44)27-28(37)22(36)10-13-34(27,4)21(20)9-12-35(25,26)5/h17-33,36-41H,7-16H2,1-6H3,(H,42,43,44)/t18?,19?,20?,21?,22?,23?,24-,25?,26?,27?,28?,29?,30?,31?,32?,33-,34-,35-/m1/s1. The van der Waals surface area contributed by atoms with Crippen LogP contribution in [0.1, 0.15) is 86.0 Å². The van der Waals surface area contributed by atoms with Gasteiger partial charge in [0.2, 0.25) is 0 Å². The van der Waals surface area contributed by atoms with Crippen LogP contribution < -0.4 is 0 Å². The molecule has 0 aromatic carbocycles. The van der Waals surface area contributed by atoms with E-state index in [0.717, 1.165) is 32.1 Å². The normalized spacial score (nSPS) is 48.4. The van der Waals surface area contributed by atoms with E-state index in [1.165, 1.54) is 7.11 Å². The lowest BCUT2D eigenvalue weighted by molar-refractivity contribution is -0.274. The Labute approximate surface area is 291 Å². The van der Waals surface area contributed by atoms with Crippen molar-refractivity contribution in [3.8, 4) is 0 Å². The molecule has 0 aromatic rings. The minimum atomic E-state index is -4.86. The van der Waals surface area contributed by atoms with Gasteiger partial charge in [0.15, 0.2) is 6.29 Å². The van der Waals surface area contributed by atoms with Crippen molar-refractivity contribution in [2.75, 3.05) is 20.3 Å². The van der Waals surface area contributed by atoms with Gasteiger partial charge in [0, 0.05) is 13.0 Å². The highest BCUT2D eigenvalue weighted by Crippen LogP contribution is 2.68. The summed E-state index contributed by atoms with van der Waals surface area (Å²) in [6.07, 6.45) is -4.16. The average molecular weight is 723 g/mol. The fraction of sp³-hybridized carbons (Fsp3) is 1.00. The van der Waals surface area contributed by atoms with Gasteiger partial charge in [0.25, 0.3) is 0 Å². The molecule has 14 unspecified atom stereocenters. The molecule has 4 aliphatic carbocycles. The van der Waals surface area contributed by atoms with Gasteiger partial charge in [-0.2, -0.15) is 8.42 Å². The van der Waals surface area contributed by atoms with Crippen LogP contribution in [0.5, 0.6) is 0 Å². The number of methoxy groups -OCH3 is 1. The zero-order valence-corrected chi connectivity index (χ0v) is 30.7. The zero-order valence-electron chi connectivity index (χ0n) is 29.9. The van der Waals surface area contributed by atoms with E-state index in [2.05, 4.69) is 27.7 Å². The quantitative estimate of drug-likeness (QED) is 0.144. The van der Waals surface area contributed by atoms with E-state index < -0.39 is 82.3 Å². The predicted octanol–water partition coefficient (Wildman–Crippen LogP) is 1.90. The Bertz CT molecular complexity index is 1220. The van der Waals surface area contributed by atoms with Gasteiger partial charge < -0.3 is 44.8 Å². The third kappa shape index (κ3) is 7.50. The molecule has 49 heavy (non-hydrogen) atoms. The van der Waals surface area contributed by atoms with Crippen LogP contribution in [0.2, 0.25) is 0 Å². The number of hydrogen-bond acceptors (Lipinski definition) is 12. The Morgan fingerprint density at radius 1 is 0.816 bits per heavy atom. The van der Waals surface area contributed by atoms with Crippen molar-refractivity contribution in [1.82, 2.24) is 0 Å². The lowest BCUT2D eigenvalue weighted by Crippen LogP contribution is -2.64. The van der Waals surface area contributed by atoms with Crippen LogP contribution in [0.25, 0.3) is 0 Å². The molecule has 5 fully saturated rings. The first-order valence-corrected chi connectivity index (χ1v) is 19.7. The molecule has 14 heteroatoms. The summed E-state index contributed by atoms with van der Waals surface area (Å²) in [7, 11) is -3.41. The molecular formula is C35H62O13S. The van der Waals surface area contributed by atoms with Crippen molar-refractivity contribution >= 4 is 10.4 Å². The molecule has 0 spiro atoms. The molecule has 1 aliphatic heterocycles. The van der Waals surface area contributed by atoms with Crippen LogP contribution in [0, 0.1) is 58.2 Å². The summed E-state index contributed by atoms with van der Waals surface area (Å²) in [5, 5.41) is 65.8. The van der Waals surface area contributed by atoms with Crippen molar-refractivity contribution in [1.29, 1.82) is 0 Å². The summed E-state index contributed by atoms with van der Waals surface area (Å²) in [4.78, 5) is 0. The van der Waals surface area contributed by atoms with Gasteiger partial charge in [0.1, 0.15) is 18.3 Å². The lowest BCUT2D eigenvalue weighted by Gasteiger charge is -2.63. The summed E-state index contributed by atoms with van der Waals surface area (Å²) >= 11 is 0. The van der Waals surface area contributed by atoms with Crippen molar-refractivity contribution < 1.29 is 62.0 Å². The molecule has 18 atom stereocenters. The molecule has 13 nitrogen and oxygen atoms in total. The summed E-state index contributed by atoms with van der Waals surface area (Å²) in [5.74, 6) is -0.778. The first-order chi connectivity index (χ1) is 22.9. The molecule has 1 saturated heterocycles. The molecule has 0 amide bonds. The molecule has 1 heterocycles. The monoisotopic (exact) mass is 722 g/mol. The van der Waals surface area contributed by atoms with Gasteiger partial charge in [0.05, 0.1) is 43.7 Å². The largest absolute Gasteiger partial charge is 0.397 e. The van der Waals surface area contributed by atoms with Crippen molar-refractivity contribution in [3.05, 3.63) is 0 Å². The summed E-state index contributed by atoms with van der Waals surface area (Å²) in [6, 6.07) is 0. The molecule has 7 N–H and O–H groups in total. The van der Waals surface area contributed by atoms with E-state index in [1.807, 2.05) is 6.92 Å². The third-order valence-electron chi connectivity index (χ3n) is 14.1. The number of ether oxygens (including phenoxy) is 3. The summed E-state index contributed by atoms with van der Waals surface area (Å²) in [5.41, 5.74) is -1.04. The van der Waals surface area contributed by atoms with Gasteiger partial charge in [-0.3, -0.25) is 4.55 Å². The average Bonchev–Trinajstić information content (AvgIpc) is 3.22. The number of rotatable bonds is 12. The van der Waals surface area contributed by atoms with Crippen LogP contribution in [0.15, 0.2) is 0 Å². The topological polar surface area (TPSA) is 213 Å². The predicted molar refractivity (Wildman–Crippen MR) is 177 cm³/mol. The van der Waals surface area contributed by atoms with Gasteiger partial charge in [-0.1, -0.05) is 41.0 Å². The molecule has 4 saturated carbocycles. The van der Waals surface area contributed by atoms with Crippen LogP contribution in [0.3, 0.4) is 0 Å². The second-order valence-corrected chi connectivity index (χ2v) is 18.0. The van der Waals surface area contributed by atoms with Crippen molar-refractivity contribution in [2.45, 2.75) is 141 Å². The SMILES string of the molecule is CO[C@@H]1CO[C@@H](OCCC(CCC(C)C2C(O)C(O)C3C4CC(OS(=O)(=O)O)C5C(O)C(O)CC[C@]5(C)C4CC[C@]23C)C(C)C)C(O)C1O. The molecule has 0 bridgehead atoms. The fourth-order valence-electron chi connectivity index (χ4n) is 11.6. The third-order valence-corrected chi connectivity index (χ3v) is 14.6. The van der Waals surface area contributed by atoms with Gasteiger partial charge in [-0.15, -0.1) is 0 Å². The molecule has 0 radical (unpaired) electrons. The minimum Gasteiger partial charge on any atom is -0.390 e. The highest BCUT2D eigenvalue weighted by Gasteiger charge is 2.68. The van der Waals surface area contributed by atoms with Crippen LogP contribution in [0.4, 0.5) is 0 Å². The van der Waals surface area contributed by atoms with E-state index in [-0.39, 0.29) is 48.5 Å². The molecule has 5 rings (SSSR count). The maximum Gasteiger partial charge on any atom is 0.397 e. The highest BCUT2D eigenvalue weighted by molar-refractivity contribution is 7.80. The smallest absolute Gasteiger partial charge is 0.390 e. The van der Waals surface area contributed by atoms with Gasteiger partial charge in [-0.25, -0.2) is 4.18 Å². The fourth-order valence-corrected chi connectivity index (χ4v) is 12.2. The molecule has 286 valence electrons. The molecule has 0 aromatic heterocycles. The maximum absolute atomic E-state index is 12.0. The van der Waals surface area contributed by atoms with E-state index in [9.17, 15) is 43.6 Å². The maximum atomic E-state index is 12.0. The highest BCUT2D eigenvalue weighted by atomic mass is 32.3. The van der Waals surface area contributed by atoms with E-state index in [4.69, 9.17) is 18.4 Å². The zero-order chi connectivity index (χ0) is 36.2. The molecular weight excluding hydrogens is 660 g/mol. The number of aliphatic hydroxyl groups is 6. The summed E-state index contributed by atoms with van der Waals surface area (Å²) < 4.78 is 55.6. The Morgan fingerprint density at radius 3 is 2.12 bits per heavy atom. The van der Waals surface area contributed by atoms with Gasteiger partial charge >= 0.3 is 10.4 Å². The Hall–Kier alpha value is -0.490. The van der Waals surface area contributed by atoms with E-state index in [0.29, 0.717) is 25.4 Å². The van der Waals surface area contributed by atoms with Crippen LogP contribution in [-0.2, 0) is 28.8 Å². The Kier molecular flexibility index (Phi) is 12.2. The first-order valence-electron chi connectivity index (χ1n) is 18.4. The number of hydrogen-bond donors (Lipinski definition) is 7. The van der Waals surface area contributed by atoms with Crippen LogP contribution >= 0.6 is 0 Å².